The number of benzene rings is 1. The fourth-order valence-electron chi connectivity index (χ4n) is 3.08. The molecule has 152 valence electrons. The Balaban J connectivity index is 1.92. The summed E-state index contributed by atoms with van der Waals surface area (Å²) in [5.41, 5.74) is 4.20. The molecule has 0 saturated heterocycles. The van der Waals surface area contributed by atoms with Crippen LogP contribution in [-0.2, 0) is 22.7 Å². The Morgan fingerprint density at radius 2 is 1.68 bits per heavy atom. The van der Waals surface area contributed by atoms with Gasteiger partial charge in [0.1, 0.15) is 0 Å². The fraction of sp³-hybridized carbons (Fsp3) is 0.476. The lowest BCUT2D eigenvalue weighted by Gasteiger charge is -2.19. The number of aryl methyl sites for hydroxylation is 1. The van der Waals surface area contributed by atoms with Crippen molar-refractivity contribution in [3.63, 3.8) is 0 Å². The van der Waals surface area contributed by atoms with Crippen molar-refractivity contribution in [1.29, 1.82) is 0 Å². The van der Waals surface area contributed by atoms with E-state index in [1.807, 2.05) is 55.5 Å². The smallest absolute Gasteiger partial charge is 0.234 e. The van der Waals surface area contributed by atoms with Crippen LogP contribution in [0.5, 0.6) is 0 Å². The molecular weight excluding hydrogens is 354 g/mol. The Morgan fingerprint density at radius 1 is 1.04 bits per heavy atom. The SMILES string of the molecule is CCNC(=O)CN(CC)CC(=O)NCc1c(C)nn(Cc2ccccc2)c1C. The molecule has 0 atom stereocenters. The molecule has 2 aromatic rings. The zero-order valence-corrected chi connectivity index (χ0v) is 17.3. The molecular formula is C21H31N5O2. The van der Waals surface area contributed by atoms with Crippen LogP contribution in [0.2, 0.25) is 0 Å². The van der Waals surface area contributed by atoms with E-state index in [4.69, 9.17) is 0 Å². The maximum Gasteiger partial charge on any atom is 0.234 e. The molecule has 1 aromatic heterocycles. The number of carbonyl (C=O) groups is 2. The van der Waals surface area contributed by atoms with Crippen LogP contribution in [0.1, 0.15) is 36.4 Å². The number of aromatic nitrogens is 2. The van der Waals surface area contributed by atoms with Gasteiger partial charge in [-0.05, 0) is 32.9 Å². The number of amides is 2. The molecule has 7 nitrogen and oxygen atoms in total. The highest BCUT2D eigenvalue weighted by Gasteiger charge is 2.15. The second kappa shape index (κ2) is 10.6. The van der Waals surface area contributed by atoms with Gasteiger partial charge in [-0.3, -0.25) is 19.2 Å². The van der Waals surface area contributed by atoms with E-state index in [0.29, 0.717) is 26.2 Å². The Morgan fingerprint density at radius 3 is 2.29 bits per heavy atom. The molecule has 28 heavy (non-hydrogen) atoms. The molecule has 0 fully saturated rings. The second-order valence-corrected chi connectivity index (χ2v) is 6.83. The summed E-state index contributed by atoms with van der Waals surface area (Å²) in [6, 6.07) is 10.2. The van der Waals surface area contributed by atoms with E-state index >= 15 is 0 Å². The minimum absolute atomic E-state index is 0.0639. The molecule has 2 amide bonds. The lowest BCUT2D eigenvalue weighted by atomic mass is 10.2. The quantitative estimate of drug-likeness (QED) is 0.651. The van der Waals surface area contributed by atoms with Crippen molar-refractivity contribution in [3.05, 3.63) is 52.8 Å². The van der Waals surface area contributed by atoms with Gasteiger partial charge in [0.05, 0.1) is 25.3 Å². The summed E-state index contributed by atoms with van der Waals surface area (Å²) in [5.74, 6) is -0.160. The highest BCUT2D eigenvalue weighted by atomic mass is 16.2. The van der Waals surface area contributed by atoms with E-state index in [9.17, 15) is 9.59 Å². The Kier molecular flexibility index (Phi) is 8.19. The maximum absolute atomic E-state index is 12.3. The maximum atomic E-state index is 12.3. The minimum Gasteiger partial charge on any atom is -0.355 e. The number of likely N-dealkylation sites (N-methyl/N-ethyl adjacent to an activating group) is 2. The zero-order chi connectivity index (χ0) is 20.5. The van der Waals surface area contributed by atoms with Crippen LogP contribution in [0.15, 0.2) is 30.3 Å². The van der Waals surface area contributed by atoms with Gasteiger partial charge in [-0.15, -0.1) is 0 Å². The van der Waals surface area contributed by atoms with Gasteiger partial charge in [-0.1, -0.05) is 37.3 Å². The van der Waals surface area contributed by atoms with Gasteiger partial charge in [-0.25, -0.2) is 0 Å². The van der Waals surface area contributed by atoms with E-state index < -0.39 is 0 Å². The molecule has 2 N–H and O–H groups in total. The predicted molar refractivity (Wildman–Crippen MR) is 110 cm³/mol. The summed E-state index contributed by atoms with van der Waals surface area (Å²) in [6.07, 6.45) is 0. The summed E-state index contributed by atoms with van der Waals surface area (Å²) in [5, 5.41) is 10.3. The lowest BCUT2D eigenvalue weighted by Crippen LogP contribution is -2.42. The van der Waals surface area contributed by atoms with Crippen LogP contribution < -0.4 is 10.6 Å². The third-order valence-electron chi connectivity index (χ3n) is 4.72. The number of hydrogen-bond donors (Lipinski definition) is 2. The molecule has 0 aliphatic carbocycles. The number of rotatable bonds is 10. The van der Waals surface area contributed by atoms with Crippen LogP contribution >= 0.6 is 0 Å². The third-order valence-corrected chi connectivity index (χ3v) is 4.72. The molecule has 2 rings (SSSR count). The second-order valence-electron chi connectivity index (χ2n) is 6.83. The van der Waals surface area contributed by atoms with Gasteiger partial charge in [0.2, 0.25) is 11.8 Å². The Bertz CT molecular complexity index is 786. The summed E-state index contributed by atoms with van der Waals surface area (Å²) >= 11 is 0. The van der Waals surface area contributed by atoms with Crippen molar-refractivity contribution in [3.8, 4) is 0 Å². The first-order chi connectivity index (χ1) is 13.4. The Hall–Kier alpha value is -2.67. The third kappa shape index (κ3) is 6.20. The molecule has 1 aromatic carbocycles. The fourth-order valence-corrected chi connectivity index (χ4v) is 3.08. The van der Waals surface area contributed by atoms with Crippen LogP contribution in [0, 0.1) is 13.8 Å². The molecule has 0 unspecified atom stereocenters. The zero-order valence-electron chi connectivity index (χ0n) is 17.3. The van der Waals surface area contributed by atoms with E-state index in [-0.39, 0.29) is 24.9 Å². The highest BCUT2D eigenvalue weighted by Crippen LogP contribution is 2.14. The van der Waals surface area contributed by atoms with Crippen LogP contribution in [-0.4, -0.2) is 52.7 Å². The molecule has 0 radical (unpaired) electrons. The summed E-state index contributed by atoms with van der Waals surface area (Å²) in [4.78, 5) is 25.9. The monoisotopic (exact) mass is 385 g/mol. The van der Waals surface area contributed by atoms with Gasteiger partial charge in [0.25, 0.3) is 0 Å². The average molecular weight is 386 g/mol. The topological polar surface area (TPSA) is 79.3 Å². The molecule has 7 heteroatoms. The van der Waals surface area contributed by atoms with Crippen LogP contribution in [0.3, 0.4) is 0 Å². The van der Waals surface area contributed by atoms with E-state index in [0.717, 1.165) is 17.0 Å². The van der Waals surface area contributed by atoms with Crippen LogP contribution in [0.25, 0.3) is 0 Å². The standard InChI is InChI=1S/C21H31N5O2/c1-5-22-20(27)14-25(6-2)15-21(28)23-12-19-16(3)24-26(17(19)4)13-18-10-8-7-9-11-18/h7-11H,5-6,12-15H2,1-4H3,(H,22,27)(H,23,28). The number of nitrogens with zero attached hydrogens (tertiary/aromatic N) is 3. The van der Waals surface area contributed by atoms with E-state index in [1.165, 1.54) is 5.56 Å². The first-order valence-electron chi connectivity index (χ1n) is 9.77. The largest absolute Gasteiger partial charge is 0.355 e. The average Bonchev–Trinajstić information content (AvgIpc) is 2.93. The predicted octanol–water partition coefficient (Wildman–Crippen LogP) is 1.62. The normalized spacial score (nSPS) is 10.9. The molecule has 0 aliphatic heterocycles. The van der Waals surface area contributed by atoms with Crippen molar-refractivity contribution in [2.75, 3.05) is 26.2 Å². The molecule has 0 spiro atoms. The molecule has 0 aliphatic rings. The summed E-state index contributed by atoms with van der Waals surface area (Å²) < 4.78 is 1.97. The Labute approximate surface area is 167 Å². The van der Waals surface area contributed by atoms with Gasteiger partial charge in [0, 0.05) is 24.3 Å². The number of nitrogens with one attached hydrogen (secondary N) is 2. The first kappa shape index (κ1) is 21.6. The van der Waals surface area contributed by atoms with Crippen molar-refractivity contribution >= 4 is 11.8 Å². The van der Waals surface area contributed by atoms with Crippen molar-refractivity contribution in [1.82, 2.24) is 25.3 Å². The minimum atomic E-state index is -0.0965. The van der Waals surface area contributed by atoms with E-state index in [2.05, 4.69) is 27.9 Å². The van der Waals surface area contributed by atoms with E-state index in [1.54, 1.807) is 0 Å². The molecule has 0 saturated carbocycles. The molecule has 1 heterocycles. The first-order valence-corrected chi connectivity index (χ1v) is 9.77. The molecule has 0 bridgehead atoms. The summed E-state index contributed by atoms with van der Waals surface area (Å²) in [7, 11) is 0. The van der Waals surface area contributed by atoms with Gasteiger partial charge in [-0.2, -0.15) is 5.10 Å². The van der Waals surface area contributed by atoms with Crippen molar-refractivity contribution in [2.45, 2.75) is 40.8 Å². The summed E-state index contributed by atoms with van der Waals surface area (Å²) in [6.45, 7) is 10.6. The number of hydrogen-bond acceptors (Lipinski definition) is 4. The lowest BCUT2D eigenvalue weighted by molar-refractivity contribution is -0.125. The highest BCUT2D eigenvalue weighted by molar-refractivity contribution is 5.81. The van der Waals surface area contributed by atoms with Gasteiger partial charge < -0.3 is 10.6 Å². The van der Waals surface area contributed by atoms with Crippen LogP contribution in [0.4, 0.5) is 0 Å². The number of carbonyl (C=O) groups excluding carboxylic acids is 2. The van der Waals surface area contributed by atoms with Crippen molar-refractivity contribution in [2.24, 2.45) is 0 Å². The van der Waals surface area contributed by atoms with Gasteiger partial charge >= 0.3 is 0 Å². The van der Waals surface area contributed by atoms with Gasteiger partial charge in [0.15, 0.2) is 0 Å². The van der Waals surface area contributed by atoms with Crippen molar-refractivity contribution < 1.29 is 9.59 Å².